The maximum absolute atomic E-state index is 12.3. The van der Waals surface area contributed by atoms with Crippen molar-refractivity contribution in [2.24, 2.45) is 7.05 Å². The summed E-state index contributed by atoms with van der Waals surface area (Å²) in [7, 11) is 4.72. The molecule has 0 radical (unpaired) electrons. The quantitative estimate of drug-likeness (QED) is 0.398. The third kappa shape index (κ3) is 4.74. The van der Waals surface area contributed by atoms with Crippen LogP contribution in [0.2, 0.25) is 0 Å². The number of ether oxygens (including phenoxy) is 3. The van der Waals surface area contributed by atoms with Crippen LogP contribution in [0.1, 0.15) is 31.2 Å². The zero-order valence-corrected chi connectivity index (χ0v) is 18.5. The number of aromatic amines is 1. The molecule has 10 heteroatoms. The number of hydrogen-bond donors (Lipinski definition) is 1. The summed E-state index contributed by atoms with van der Waals surface area (Å²) in [5.41, 5.74) is 0.176. The molecule has 0 bridgehead atoms. The van der Waals surface area contributed by atoms with Crippen LogP contribution in [0.25, 0.3) is 17.2 Å². The van der Waals surface area contributed by atoms with E-state index >= 15 is 0 Å². The van der Waals surface area contributed by atoms with Crippen LogP contribution in [-0.2, 0) is 29.7 Å². The van der Waals surface area contributed by atoms with Crippen molar-refractivity contribution in [2.45, 2.75) is 32.9 Å². The Morgan fingerprint density at radius 3 is 2.69 bits per heavy atom. The molecule has 0 atom stereocenters. The minimum atomic E-state index is -0.591. The van der Waals surface area contributed by atoms with Crippen molar-refractivity contribution in [3.8, 4) is 11.5 Å². The van der Waals surface area contributed by atoms with E-state index in [0.29, 0.717) is 29.4 Å². The number of esters is 1. The Labute approximate surface area is 184 Å². The number of nitrogens with zero attached hydrogens (tertiary/aromatic N) is 3. The van der Waals surface area contributed by atoms with Gasteiger partial charge in [0.15, 0.2) is 11.2 Å². The molecule has 0 aliphatic heterocycles. The van der Waals surface area contributed by atoms with Crippen molar-refractivity contribution < 1.29 is 19.0 Å². The second-order valence-corrected chi connectivity index (χ2v) is 7.07. The fraction of sp³-hybridized carbons (Fsp3) is 0.364. The first kappa shape index (κ1) is 22.9. The van der Waals surface area contributed by atoms with E-state index in [2.05, 4.69) is 9.97 Å². The molecule has 3 rings (SSSR count). The number of aromatic nitrogens is 4. The topological polar surface area (TPSA) is 117 Å². The summed E-state index contributed by atoms with van der Waals surface area (Å²) < 4.78 is 18.7. The summed E-state index contributed by atoms with van der Waals surface area (Å²) in [6.07, 6.45) is 4.50. The van der Waals surface area contributed by atoms with E-state index in [1.807, 2.05) is 6.92 Å². The highest BCUT2D eigenvalue weighted by molar-refractivity contribution is 5.87. The van der Waals surface area contributed by atoms with Crippen molar-refractivity contribution in [3.05, 3.63) is 56.5 Å². The standard InChI is InChI=1S/C22H26N4O6/c1-5-6-11-26-20-19(21(28)24-22(26)29)25(2)17(23-20)13-32-18(27)10-8-14-7-9-15(30-3)12-16(14)31-4/h7-10,12H,5-6,11,13H2,1-4H3,(H,24,28,29)/b10-8+. The summed E-state index contributed by atoms with van der Waals surface area (Å²) in [5, 5.41) is 0. The Morgan fingerprint density at radius 1 is 1.22 bits per heavy atom. The lowest BCUT2D eigenvalue weighted by Crippen LogP contribution is -2.31. The lowest BCUT2D eigenvalue weighted by atomic mass is 10.2. The smallest absolute Gasteiger partial charge is 0.331 e. The van der Waals surface area contributed by atoms with Crippen LogP contribution in [0, 0.1) is 0 Å². The normalized spacial score (nSPS) is 11.2. The third-order valence-corrected chi connectivity index (χ3v) is 5.02. The monoisotopic (exact) mass is 442 g/mol. The summed E-state index contributed by atoms with van der Waals surface area (Å²) in [4.78, 5) is 43.4. The minimum absolute atomic E-state index is 0.157. The Bertz CT molecular complexity index is 1270. The summed E-state index contributed by atoms with van der Waals surface area (Å²) >= 11 is 0. The van der Waals surface area contributed by atoms with Gasteiger partial charge in [0, 0.05) is 31.3 Å². The van der Waals surface area contributed by atoms with Gasteiger partial charge in [-0.1, -0.05) is 13.3 Å². The molecular formula is C22H26N4O6. The fourth-order valence-corrected chi connectivity index (χ4v) is 3.24. The van der Waals surface area contributed by atoms with E-state index in [0.717, 1.165) is 12.8 Å². The number of fused-ring (bicyclic) bond motifs is 1. The van der Waals surface area contributed by atoms with Gasteiger partial charge in [-0.2, -0.15) is 0 Å². The molecule has 3 aromatic rings. The molecule has 10 nitrogen and oxygen atoms in total. The van der Waals surface area contributed by atoms with E-state index in [1.54, 1.807) is 38.4 Å². The number of methoxy groups -OCH3 is 2. The summed E-state index contributed by atoms with van der Waals surface area (Å²) in [6, 6.07) is 5.22. The molecule has 0 aliphatic carbocycles. The van der Waals surface area contributed by atoms with Gasteiger partial charge in [-0.3, -0.25) is 14.3 Å². The number of carbonyl (C=O) groups is 1. The molecule has 0 saturated heterocycles. The SMILES string of the molecule is CCCCn1c(=O)[nH]c(=O)c2c1nc(COC(=O)/C=C/c1ccc(OC)cc1OC)n2C. The molecule has 0 unspecified atom stereocenters. The largest absolute Gasteiger partial charge is 0.497 e. The molecule has 0 saturated carbocycles. The Balaban J connectivity index is 1.79. The minimum Gasteiger partial charge on any atom is -0.497 e. The number of rotatable bonds is 9. The average molecular weight is 442 g/mol. The van der Waals surface area contributed by atoms with E-state index in [-0.39, 0.29) is 17.8 Å². The average Bonchev–Trinajstić information content (AvgIpc) is 3.12. The third-order valence-electron chi connectivity index (χ3n) is 5.02. The van der Waals surface area contributed by atoms with Gasteiger partial charge >= 0.3 is 11.7 Å². The molecule has 32 heavy (non-hydrogen) atoms. The second-order valence-electron chi connectivity index (χ2n) is 7.07. The lowest BCUT2D eigenvalue weighted by molar-refractivity contribution is -0.139. The van der Waals surface area contributed by atoms with Gasteiger partial charge in [0.2, 0.25) is 0 Å². The predicted octanol–water partition coefficient (Wildman–Crippen LogP) is 2.00. The summed E-state index contributed by atoms with van der Waals surface area (Å²) in [6.45, 7) is 2.28. The maximum atomic E-state index is 12.3. The van der Waals surface area contributed by atoms with Crippen LogP contribution in [0.3, 0.4) is 0 Å². The maximum Gasteiger partial charge on any atom is 0.331 e. The Kier molecular flexibility index (Phi) is 7.14. The van der Waals surface area contributed by atoms with Crippen LogP contribution < -0.4 is 20.7 Å². The van der Waals surface area contributed by atoms with E-state index in [1.165, 1.54) is 22.3 Å². The summed E-state index contributed by atoms with van der Waals surface area (Å²) in [5.74, 6) is 0.946. The number of nitrogens with one attached hydrogen (secondary N) is 1. The molecule has 0 spiro atoms. The van der Waals surface area contributed by atoms with Crippen molar-refractivity contribution >= 4 is 23.2 Å². The first-order chi connectivity index (χ1) is 15.4. The predicted molar refractivity (Wildman–Crippen MR) is 119 cm³/mol. The highest BCUT2D eigenvalue weighted by atomic mass is 16.5. The van der Waals surface area contributed by atoms with Gasteiger partial charge in [0.25, 0.3) is 5.56 Å². The van der Waals surface area contributed by atoms with Gasteiger partial charge in [-0.25, -0.2) is 14.6 Å². The highest BCUT2D eigenvalue weighted by Gasteiger charge is 2.17. The molecule has 2 aromatic heterocycles. The number of benzene rings is 1. The van der Waals surface area contributed by atoms with Gasteiger partial charge in [0.05, 0.1) is 14.2 Å². The molecule has 0 aliphatic rings. The van der Waals surface area contributed by atoms with Crippen molar-refractivity contribution in [3.63, 3.8) is 0 Å². The highest BCUT2D eigenvalue weighted by Crippen LogP contribution is 2.25. The second kappa shape index (κ2) is 9.99. The molecular weight excluding hydrogens is 416 g/mol. The molecule has 170 valence electrons. The van der Waals surface area contributed by atoms with E-state index in [4.69, 9.17) is 14.2 Å². The lowest BCUT2D eigenvalue weighted by Gasteiger charge is -2.07. The van der Waals surface area contributed by atoms with Crippen molar-refractivity contribution in [2.75, 3.05) is 14.2 Å². The first-order valence-electron chi connectivity index (χ1n) is 10.1. The van der Waals surface area contributed by atoms with Gasteiger partial charge in [-0.05, 0) is 24.6 Å². The number of imidazole rings is 1. The zero-order chi connectivity index (χ0) is 23.3. The van der Waals surface area contributed by atoms with Crippen LogP contribution in [-0.4, -0.2) is 39.3 Å². The number of unbranched alkanes of at least 4 members (excludes halogenated alkanes) is 1. The van der Waals surface area contributed by atoms with Crippen molar-refractivity contribution in [1.82, 2.24) is 19.1 Å². The number of aryl methyl sites for hydroxylation is 2. The molecule has 0 amide bonds. The van der Waals surface area contributed by atoms with Gasteiger partial charge < -0.3 is 18.8 Å². The molecule has 1 N–H and O–H groups in total. The Morgan fingerprint density at radius 2 is 2.00 bits per heavy atom. The number of carbonyl (C=O) groups excluding carboxylic acids is 1. The van der Waals surface area contributed by atoms with Crippen LogP contribution in [0.15, 0.2) is 33.9 Å². The molecule has 1 aromatic carbocycles. The zero-order valence-electron chi connectivity index (χ0n) is 18.5. The van der Waals surface area contributed by atoms with E-state index < -0.39 is 17.2 Å². The van der Waals surface area contributed by atoms with Gasteiger partial charge in [-0.15, -0.1) is 0 Å². The van der Waals surface area contributed by atoms with Crippen molar-refractivity contribution in [1.29, 1.82) is 0 Å². The number of H-pyrrole nitrogens is 1. The van der Waals surface area contributed by atoms with Crippen LogP contribution in [0.5, 0.6) is 11.5 Å². The molecule has 0 fully saturated rings. The van der Waals surface area contributed by atoms with Crippen LogP contribution in [0.4, 0.5) is 0 Å². The molecule has 2 heterocycles. The van der Waals surface area contributed by atoms with Gasteiger partial charge in [0.1, 0.15) is 23.9 Å². The van der Waals surface area contributed by atoms with E-state index in [9.17, 15) is 14.4 Å². The fourth-order valence-electron chi connectivity index (χ4n) is 3.24. The first-order valence-corrected chi connectivity index (χ1v) is 10.1. The number of hydrogen-bond acceptors (Lipinski definition) is 7. The van der Waals surface area contributed by atoms with Crippen LogP contribution >= 0.6 is 0 Å². The Hall–Kier alpha value is -3.82.